The largest absolute Gasteiger partial charge is 0.487 e. The summed E-state index contributed by atoms with van der Waals surface area (Å²) in [6.45, 7) is 2.96. The first-order valence-corrected chi connectivity index (χ1v) is 9.25. The number of halogens is 1. The number of amides is 1. The second-order valence-corrected chi connectivity index (χ2v) is 6.97. The van der Waals surface area contributed by atoms with Crippen molar-refractivity contribution in [1.29, 1.82) is 0 Å². The molecule has 1 aliphatic rings. The number of aromatic nitrogens is 2. The Bertz CT molecular complexity index is 936. The lowest BCUT2D eigenvalue weighted by Crippen LogP contribution is -2.41. The molecule has 1 aromatic heterocycles. The van der Waals surface area contributed by atoms with E-state index in [1.165, 1.54) is 5.56 Å². The van der Waals surface area contributed by atoms with Gasteiger partial charge in [0.15, 0.2) is 0 Å². The summed E-state index contributed by atoms with van der Waals surface area (Å²) in [5.41, 5.74) is 2.79. The number of carbonyl (C=O) groups excluding carboxylic acids is 1. The molecule has 3 aromatic rings. The predicted octanol–water partition coefficient (Wildman–Crippen LogP) is 4.56. The molecule has 0 radical (unpaired) electrons. The molecular formula is C20H18BrN3O2. The summed E-state index contributed by atoms with van der Waals surface area (Å²) in [5.74, 6) is 1.54. The zero-order valence-corrected chi connectivity index (χ0v) is 15.9. The van der Waals surface area contributed by atoms with Crippen LogP contribution >= 0.6 is 15.9 Å². The second-order valence-electron chi connectivity index (χ2n) is 6.22. The lowest BCUT2D eigenvalue weighted by atomic mass is 10.2. The van der Waals surface area contributed by atoms with E-state index in [0.29, 0.717) is 24.2 Å². The molecular weight excluding hydrogens is 394 g/mol. The maximum Gasteiger partial charge on any atom is 0.335 e. The molecule has 0 spiro atoms. The van der Waals surface area contributed by atoms with Crippen LogP contribution in [0.4, 0.5) is 10.5 Å². The third-order valence-electron chi connectivity index (χ3n) is 4.40. The number of anilines is 1. The fourth-order valence-corrected chi connectivity index (χ4v) is 3.57. The number of aryl methyl sites for hydroxylation is 1. The van der Waals surface area contributed by atoms with Crippen LogP contribution in [0.1, 0.15) is 17.1 Å². The minimum atomic E-state index is -0.0968. The van der Waals surface area contributed by atoms with Crippen molar-refractivity contribution < 1.29 is 9.53 Å². The maximum atomic E-state index is 13.0. The number of carbonyl (C=O) groups is 1. The fraction of sp³-hybridized carbons (Fsp3) is 0.200. The topological polar surface area (TPSA) is 47.4 Å². The van der Waals surface area contributed by atoms with Gasteiger partial charge in [0.2, 0.25) is 0 Å². The standard InChI is InChI=1S/C20H18BrN3O2/c1-14-7-9-15(10-8-14)23-12-11-18-22-17(19(21)24(18)20(23)25)13-26-16-5-3-2-4-6-16/h2-10H,11-13H2,1H3. The molecule has 1 amide bonds. The van der Waals surface area contributed by atoms with Gasteiger partial charge in [0.1, 0.15) is 28.5 Å². The molecule has 4 rings (SSSR count). The highest BCUT2D eigenvalue weighted by atomic mass is 79.9. The SMILES string of the molecule is Cc1ccc(N2CCc3nc(COc4ccccc4)c(Br)n3C2=O)cc1. The van der Waals surface area contributed by atoms with Crippen LogP contribution in [0.15, 0.2) is 59.2 Å². The number of rotatable bonds is 4. The van der Waals surface area contributed by atoms with E-state index in [1.54, 1.807) is 9.47 Å². The van der Waals surface area contributed by atoms with Gasteiger partial charge >= 0.3 is 6.03 Å². The summed E-state index contributed by atoms with van der Waals surface area (Å²) in [7, 11) is 0. The average Bonchev–Trinajstić information content (AvgIpc) is 2.99. The van der Waals surface area contributed by atoms with E-state index in [1.807, 2.05) is 61.5 Å². The molecule has 0 fully saturated rings. The molecule has 1 aliphatic heterocycles. The Morgan fingerprint density at radius 2 is 1.85 bits per heavy atom. The van der Waals surface area contributed by atoms with Crippen molar-refractivity contribution in [3.05, 3.63) is 76.3 Å². The Hall–Kier alpha value is -2.60. The van der Waals surface area contributed by atoms with E-state index in [4.69, 9.17) is 4.74 Å². The van der Waals surface area contributed by atoms with E-state index in [9.17, 15) is 4.79 Å². The van der Waals surface area contributed by atoms with Crippen molar-refractivity contribution in [3.63, 3.8) is 0 Å². The number of hydrogen-bond donors (Lipinski definition) is 0. The second kappa shape index (κ2) is 6.96. The molecule has 0 saturated heterocycles. The number of fused-ring (bicyclic) bond motifs is 1. The van der Waals surface area contributed by atoms with Gasteiger partial charge in [-0.25, -0.2) is 14.3 Å². The monoisotopic (exact) mass is 411 g/mol. The Balaban J connectivity index is 1.57. The third-order valence-corrected chi connectivity index (χ3v) is 5.21. The number of benzene rings is 2. The molecule has 2 heterocycles. The molecule has 132 valence electrons. The first-order valence-electron chi connectivity index (χ1n) is 8.46. The molecule has 26 heavy (non-hydrogen) atoms. The van der Waals surface area contributed by atoms with Gasteiger partial charge in [-0.1, -0.05) is 35.9 Å². The summed E-state index contributed by atoms with van der Waals surface area (Å²) in [6.07, 6.45) is 0.698. The van der Waals surface area contributed by atoms with Crippen molar-refractivity contribution in [3.8, 4) is 5.75 Å². The van der Waals surface area contributed by atoms with E-state index in [0.717, 1.165) is 23.0 Å². The molecule has 0 unspecified atom stereocenters. The molecule has 0 aliphatic carbocycles. The van der Waals surface area contributed by atoms with Crippen LogP contribution in [0.25, 0.3) is 0 Å². The van der Waals surface area contributed by atoms with E-state index < -0.39 is 0 Å². The summed E-state index contributed by atoms with van der Waals surface area (Å²) in [4.78, 5) is 19.4. The van der Waals surface area contributed by atoms with Crippen LogP contribution < -0.4 is 9.64 Å². The van der Waals surface area contributed by atoms with Crippen LogP contribution in [0.3, 0.4) is 0 Å². The number of hydrogen-bond acceptors (Lipinski definition) is 3. The number of nitrogens with zero attached hydrogens (tertiary/aromatic N) is 3. The van der Waals surface area contributed by atoms with Gasteiger partial charge in [-0.3, -0.25) is 4.90 Å². The Morgan fingerprint density at radius 3 is 2.58 bits per heavy atom. The van der Waals surface area contributed by atoms with Gasteiger partial charge in [-0.2, -0.15) is 0 Å². The van der Waals surface area contributed by atoms with Gasteiger partial charge < -0.3 is 4.74 Å². The van der Waals surface area contributed by atoms with Crippen LogP contribution in [0.2, 0.25) is 0 Å². The van der Waals surface area contributed by atoms with Gasteiger partial charge in [-0.05, 0) is 47.1 Å². The molecule has 0 saturated carbocycles. The van der Waals surface area contributed by atoms with E-state index >= 15 is 0 Å². The summed E-state index contributed by atoms with van der Waals surface area (Å²) >= 11 is 3.54. The molecule has 0 atom stereocenters. The van der Waals surface area contributed by atoms with Crippen molar-refractivity contribution in [1.82, 2.24) is 9.55 Å². The Morgan fingerprint density at radius 1 is 1.12 bits per heavy atom. The maximum absolute atomic E-state index is 13.0. The zero-order valence-electron chi connectivity index (χ0n) is 14.4. The minimum absolute atomic E-state index is 0.0968. The van der Waals surface area contributed by atoms with Gasteiger partial charge in [0, 0.05) is 18.7 Å². The van der Waals surface area contributed by atoms with Crippen molar-refractivity contribution in [2.45, 2.75) is 20.0 Å². The van der Waals surface area contributed by atoms with Crippen LogP contribution in [-0.4, -0.2) is 22.1 Å². The van der Waals surface area contributed by atoms with E-state index in [-0.39, 0.29) is 6.03 Å². The van der Waals surface area contributed by atoms with Crippen molar-refractivity contribution in [2.75, 3.05) is 11.4 Å². The minimum Gasteiger partial charge on any atom is -0.487 e. The van der Waals surface area contributed by atoms with Crippen LogP contribution in [0.5, 0.6) is 5.75 Å². The normalized spacial score (nSPS) is 13.6. The highest BCUT2D eigenvalue weighted by molar-refractivity contribution is 9.10. The highest BCUT2D eigenvalue weighted by Crippen LogP contribution is 2.27. The Labute approximate surface area is 160 Å². The van der Waals surface area contributed by atoms with Crippen molar-refractivity contribution in [2.24, 2.45) is 0 Å². The first kappa shape index (κ1) is 16.8. The predicted molar refractivity (Wildman–Crippen MR) is 104 cm³/mol. The van der Waals surface area contributed by atoms with Crippen molar-refractivity contribution >= 4 is 27.6 Å². The van der Waals surface area contributed by atoms with E-state index in [2.05, 4.69) is 20.9 Å². The smallest absolute Gasteiger partial charge is 0.335 e. The third kappa shape index (κ3) is 3.12. The van der Waals surface area contributed by atoms with Gasteiger partial charge in [-0.15, -0.1) is 0 Å². The zero-order chi connectivity index (χ0) is 18.1. The van der Waals surface area contributed by atoms with Crippen LogP contribution in [-0.2, 0) is 13.0 Å². The Kier molecular flexibility index (Phi) is 4.51. The lowest BCUT2D eigenvalue weighted by Gasteiger charge is -2.28. The average molecular weight is 412 g/mol. The number of imidazole rings is 1. The lowest BCUT2D eigenvalue weighted by molar-refractivity contribution is 0.244. The van der Waals surface area contributed by atoms with Gasteiger partial charge in [0.05, 0.1) is 0 Å². The van der Waals surface area contributed by atoms with Crippen LogP contribution in [0, 0.1) is 6.92 Å². The molecule has 2 aromatic carbocycles. The molecule has 0 N–H and O–H groups in total. The molecule has 6 heteroatoms. The molecule has 5 nitrogen and oxygen atoms in total. The number of ether oxygens (including phenoxy) is 1. The highest BCUT2D eigenvalue weighted by Gasteiger charge is 2.30. The van der Waals surface area contributed by atoms with Gasteiger partial charge in [0.25, 0.3) is 0 Å². The fourth-order valence-electron chi connectivity index (χ4n) is 3.01. The quantitative estimate of drug-likeness (QED) is 0.631. The molecule has 0 bridgehead atoms. The summed E-state index contributed by atoms with van der Waals surface area (Å²) < 4.78 is 8.07. The first-order chi connectivity index (χ1) is 12.6. The number of para-hydroxylation sites is 1. The summed E-state index contributed by atoms with van der Waals surface area (Å²) in [6, 6.07) is 17.5. The summed E-state index contributed by atoms with van der Waals surface area (Å²) in [5, 5.41) is 0.